The van der Waals surface area contributed by atoms with Crippen molar-refractivity contribution in [1.29, 1.82) is 0 Å². The van der Waals surface area contributed by atoms with Crippen molar-refractivity contribution in [3.8, 4) is 5.75 Å². The highest BCUT2D eigenvalue weighted by atomic mass is 19.3. The average molecular weight is 358 g/mol. The van der Waals surface area contributed by atoms with Crippen LogP contribution in [0.25, 0.3) is 0 Å². The van der Waals surface area contributed by atoms with E-state index in [1.165, 1.54) is 12.1 Å². The van der Waals surface area contributed by atoms with Crippen LogP contribution in [0.4, 0.5) is 8.78 Å². The predicted octanol–water partition coefficient (Wildman–Crippen LogP) is 1.87. The molecule has 0 saturated carbocycles. The summed E-state index contributed by atoms with van der Waals surface area (Å²) < 4.78 is 33.7. The smallest absolute Gasteiger partial charge is 0.387 e. The maximum atomic E-state index is 12.2. The number of ether oxygens (including phenoxy) is 2. The normalized spacial score (nSPS) is 11.9. The van der Waals surface area contributed by atoms with Gasteiger partial charge in [0.15, 0.2) is 5.96 Å². The summed E-state index contributed by atoms with van der Waals surface area (Å²) >= 11 is 0. The Hall–Kier alpha value is -1.93. The Morgan fingerprint density at radius 1 is 1.20 bits per heavy atom. The van der Waals surface area contributed by atoms with Gasteiger partial charge in [0.2, 0.25) is 0 Å². The van der Waals surface area contributed by atoms with E-state index in [0.717, 1.165) is 31.2 Å². The lowest BCUT2D eigenvalue weighted by atomic mass is 10.2. The van der Waals surface area contributed by atoms with Gasteiger partial charge in [0.1, 0.15) is 5.75 Å². The van der Waals surface area contributed by atoms with Crippen LogP contribution in [0.3, 0.4) is 0 Å². The van der Waals surface area contributed by atoms with Crippen LogP contribution in [0.5, 0.6) is 5.75 Å². The summed E-state index contributed by atoms with van der Waals surface area (Å²) in [6, 6.07) is 6.60. The summed E-state index contributed by atoms with van der Waals surface area (Å²) in [4.78, 5) is 8.41. The average Bonchev–Trinajstić information content (AvgIpc) is 2.58. The summed E-state index contributed by atoms with van der Waals surface area (Å²) in [5, 5.41) is 3.30. The second kappa shape index (κ2) is 11.6. The Balaban J connectivity index is 2.44. The van der Waals surface area contributed by atoms with Crippen LogP contribution in [0.1, 0.15) is 5.56 Å². The van der Waals surface area contributed by atoms with Gasteiger partial charge in [0, 0.05) is 47.4 Å². The fraction of sp³-hybridized carbons (Fsp3) is 0.588. The van der Waals surface area contributed by atoms with Crippen LogP contribution < -0.4 is 10.1 Å². The Kier molecular flexibility index (Phi) is 9.79. The third-order valence-electron chi connectivity index (χ3n) is 3.60. The fourth-order valence-electron chi connectivity index (χ4n) is 2.23. The number of nitrogens with one attached hydrogen (secondary N) is 1. The summed E-state index contributed by atoms with van der Waals surface area (Å²) in [6.07, 6.45) is 0. The van der Waals surface area contributed by atoms with Gasteiger partial charge in [0.05, 0.1) is 6.61 Å². The van der Waals surface area contributed by atoms with Crippen LogP contribution in [-0.4, -0.2) is 76.9 Å². The van der Waals surface area contributed by atoms with Gasteiger partial charge in [-0.05, 0) is 24.7 Å². The third kappa shape index (κ3) is 8.64. The molecule has 1 aromatic rings. The molecule has 1 aromatic carbocycles. The molecule has 0 aliphatic heterocycles. The van der Waals surface area contributed by atoms with Crippen molar-refractivity contribution < 1.29 is 18.3 Å². The van der Waals surface area contributed by atoms with Gasteiger partial charge in [-0.2, -0.15) is 8.78 Å². The van der Waals surface area contributed by atoms with Gasteiger partial charge in [-0.1, -0.05) is 12.1 Å². The quantitative estimate of drug-likeness (QED) is 0.511. The Morgan fingerprint density at radius 2 is 1.88 bits per heavy atom. The molecule has 0 bridgehead atoms. The number of alkyl halides is 2. The molecule has 0 spiro atoms. The minimum Gasteiger partial charge on any atom is -0.435 e. The molecule has 0 unspecified atom stereocenters. The number of likely N-dealkylation sites (N-methyl/N-ethyl adjacent to an activating group) is 1. The van der Waals surface area contributed by atoms with Gasteiger partial charge in [-0.15, -0.1) is 0 Å². The summed E-state index contributed by atoms with van der Waals surface area (Å²) in [7, 11) is 7.38. The molecule has 1 N–H and O–H groups in total. The monoisotopic (exact) mass is 358 g/mol. The molecule has 0 aliphatic carbocycles. The minimum atomic E-state index is -2.81. The maximum absolute atomic E-state index is 12.2. The van der Waals surface area contributed by atoms with E-state index in [-0.39, 0.29) is 5.75 Å². The number of rotatable bonds is 10. The van der Waals surface area contributed by atoms with E-state index in [4.69, 9.17) is 4.74 Å². The van der Waals surface area contributed by atoms with Crippen LogP contribution in [0.15, 0.2) is 29.3 Å². The van der Waals surface area contributed by atoms with Gasteiger partial charge < -0.3 is 24.6 Å². The highest BCUT2D eigenvalue weighted by Crippen LogP contribution is 2.15. The molecule has 0 saturated heterocycles. The van der Waals surface area contributed by atoms with E-state index < -0.39 is 6.61 Å². The van der Waals surface area contributed by atoms with E-state index in [1.807, 2.05) is 19.0 Å². The topological polar surface area (TPSA) is 49.3 Å². The lowest BCUT2D eigenvalue weighted by Crippen LogP contribution is -2.42. The first-order chi connectivity index (χ1) is 12.0. The van der Waals surface area contributed by atoms with Crippen LogP contribution >= 0.6 is 0 Å². The van der Waals surface area contributed by atoms with Crippen molar-refractivity contribution in [1.82, 2.24) is 15.1 Å². The van der Waals surface area contributed by atoms with Crippen LogP contribution in [-0.2, 0) is 11.3 Å². The molecule has 0 radical (unpaired) electrons. The highest BCUT2D eigenvalue weighted by molar-refractivity contribution is 5.79. The number of hydrogen-bond donors (Lipinski definition) is 1. The first-order valence-corrected chi connectivity index (χ1v) is 8.09. The molecule has 0 fully saturated rings. The molecule has 0 atom stereocenters. The zero-order valence-corrected chi connectivity index (χ0v) is 15.3. The second-order valence-corrected chi connectivity index (χ2v) is 5.65. The number of benzene rings is 1. The van der Waals surface area contributed by atoms with Crippen LogP contribution in [0, 0.1) is 0 Å². The van der Waals surface area contributed by atoms with E-state index in [2.05, 4.69) is 19.9 Å². The van der Waals surface area contributed by atoms with Crippen molar-refractivity contribution in [3.63, 3.8) is 0 Å². The van der Waals surface area contributed by atoms with Crippen molar-refractivity contribution in [2.24, 2.45) is 4.99 Å². The molecular weight excluding hydrogens is 330 g/mol. The van der Waals surface area contributed by atoms with Crippen molar-refractivity contribution in [2.75, 3.05) is 54.5 Å². The van der Waals surface area contributed by atoms with E-state index in [1.54, 1.807) is 26.3 Å². The third-order valence-corrected chi connectivity index (χ3v) is 3.60. The maximum Gasteiger partial charge on any atom is 0.387 e. The Morgan fingerprint density at radius 3 is 2.44 bits per heavy atom. The van der Waals surface area contributed by atoms with Crippen molar-refractivity contribution in [2.45, 2.75) is 13.2 Å². The summed E-state index contributed by atoms with van der Waals surface area (Å²) in [5.74, 6) is 0.927. The lowest BCUT2D eigenvalue weighted by molar-refractivity contribution is -0.0498. The highest BCUT2D eigenvalue weighted by Gasteiger charge is 2.08. The fourth-order valence-corrected chi connectivity index (χ4v) is 2.23. The summed E-state index contributed by atoms with van der Waals surface area (Å²) in [6.45, 7) is 1.01. The minimum absolute atomic E-state index is 0.156. The van der Waals surface area contributed by atoms with Crippen molar-refractivity contribution >= 4 is 5.96 Å². The summed E-state index contributed by atoms with van der Waals surface area (Å²) in [5.41, 5.74) is 0.976. The zero-order chi connectivity index (χ0) is 18.7. The molecule has 1 rings (SSSR count). The van der Waals surface area contributed by atoms with Gasteiger partial charge in [-0.3, -0.25) is 4.99 Å². The van der Waals surface area contributed by atoms with Crippen molar-refractivity contribution in [3.05, 3.63) is 29.8 Å². The number of aliphatic imine (C=N–C) groups is 1. The zero-order valence-electron chi connectivity index (χ0n) is 15.3. The molecule has 8 heteroatoms. The molecule has 0 aromatic heterocycles. The Bertz CT molecular complexity index is 512. The number of methoxy groups -OCH3 is 1. The Labute approximate surface area is 148 Å². The van der Waals surface area contributed by atoms with E-state index in [0.29, 0.717) is 13.2 Å². The predicted molar refractivity (Wildman–Crippen MR) is 95.3 cm³/mol. The second-order valence-electron chi connectivity index (χ2n) is 5.65. The first kappa shape index (κ1) is 21.1. The van der Waals surface area contributed by atoms with E-state index >= 15 is 0 Å². The first-order valence-electron chi connectivity index (χ1n) is 8.09. The standard InChI is InChI=1S/C17H28F2N4O2/c1-20-17(21-9-10-22(2)11-12-24-4)23(3)13-14-5-7-15(8-6-14)25-16(18)19/h5-8,16H,9-13H2,1-4H3,(H,20,21). The number of hydrogen-bond acceptors (Lipinski definition) is 4. The number of nitrogens with zero attached hydrogens (tertiary/aromatic N) is 3. The molecule has 0 amide bonds. The number of halogens is 2. The van der Waals surface area contributed by atoms with Gasteiger partial charge >= 0.3 is 6.61 Å². The molecule has 0 heterocycles. The molecule has 142 valence electrons. The lowest BCUT2D eigenvalue weighted by Gasteiger charge is -2.23. The molecule has 0 aliphatic rings. The largest absolute Gasteiger partial charge is 0.435 e. The molecular formula is C17H28F2N4O2. The number of guanidine groups is 1. The SMILES string of the molecule is CN=C(NCCN(C)CCOC)N(C)Cc1ccc(OC(F)F)cc1. The van der Waals surface area contributed by atoms with Gasteiger partial charge in [0.25, 0.3) is 0 Å². The molecule has 25 heavy (non-hydrogen) atoms. The molecule has 6 nitrogen and oxygen atoms in total. The van der Waals surface area contributed by atoms with Gasteiger partial charge in [-0.25, -0.2) is 0 Å². The van der Waals surface area contributed by atoms with Crippen LogP contribution in [0.2, 0.25) is 0 Å². The van der Waals surface area contributed by atoms with E-state index in [9.17, 15) is 8.78 Å².